The van der Waals surface area contributed by atoms with Crippen molar-refractivity contribution >= 4 is 17.9 Å². The number of rotatable bonds is 45. The average Bonchev–Trinajstić information content (AvgIpc) is 3.31. The fourth-order valence-corrected chi connectivity index (χ4v) is 6.51. The van der Waals surface area contributed by atoms with Gasteiger partial charge in [-0.15, -0.1) is 0 Å². The van der Waals surface area contributed by atoms with Crippen molar-refractivity contribution in [1.29, 1.82) is 0 Å². The Morgan fingerprint density at radius 1 is 0.318 bits per heavy atom. The summed E-state index contributed by atoms with van der Waals surface area (Å²) in [4.78, 5) is 38.0. The van der Waals surface area contributed by atoms with E-state index in [1.54, 1.807) is 0 Å². The summed E-state index contributed by atoms with van der Waals surface area (Å²) < 4.78 is 16.7. The highest BCUT2D eigenvalue weighted by Crippen LogP contribution is 2.12. The van der Waals surface area contributed by atoms with Crippen molar-refractivity contribution in [3.05, 3.63) is 134 Å². The van der Waals surface area contributed by atoms with Crippen LogP contribution in [0, 0.1) is 0 Å². The molecule has 0 saturated carbocycles. The summed E-state index contributed by atoms with van der Waals surface area (Å²) in [5.41, 5.74) is 0. The van der Waals surface area contributed by atoms with E-state index in [1.807, 2.05) is 0 Å². The number of unbranched alkanes of at least 4 members (excludes halogenated alkanes) is 12. The van der Waals surface area contributed by atoms with Crippen LogP contribution in [0.15, 0.2) is 134 Å². The molecule has 0 radical (unpaired) electrons. The Balaban J connectivity index is 4.61. The predicted octanol–water partition coefficient (Wildman–Crippen LogP) is 17.5. The van der Waals surface area contributed by atoms with Crippen LogP contribution in [0.1, 0.15) is 207 Å². The standard InChI is InChI=1S/C60H94O6/c1-4-7-10-13-16-19-22-25-28-30-32-35-38-41-44-47-50-53-59(62)65-56-57(55-64-58(61)52-49-46-43-40-37-34-27-24-21-18-15-12-9-6-3)66-60(63)54-51-48-45-42-39-36-33-31-29-26-23-20-17-14-11-8-5-2/h7-8,10-11,16-17,19-20,24-29,32-33,35-36,41-42,44-45,57H,4-6,9,12-15,18,21-23,30-31,34,37-40,43,46-56H2,1-3H3/b10-7-,11-8-,19-16-,20-17-,27-24-,28-25-,29-26-,35-32-,36-33-,44-41-,45-42-. The molecule has 0 aliphatic heterocycles. The van der Waals surface area contributed by atoms with E-state index >= 15 is 0 Å². The maximum Gasteiger partial charge on any atom is 0.306 e. The van der Waals surface area contributed by atoms with Crippen molar-refractivity contribution in [3.8, 4) is 0 Å². The smallest absolute Gasteiger partial charge is 0.306 e. The zero-order valence-electron chi connectivity index (χ0n) is 42.1. The molecule has 6 heteroatoms. The minimum absolute atomic E-state index is 0.127. The molecule has 0 bridgehead atoms. The highest BCUT2D eigenvalue weighted by molar-refractivity contribution is 5.71. The fraction of sp³-hybridized carbons (Fsp3) is 0.583. The van der Waals surface area contributed by atoms with Crippen molar-refractivity contribution < 1.29 is 28.6 Å². The Labute approximate surface area is 405 Å². The summed E-state index contributed by atoms with van der Waals surface area (Å²) in [6, 6.07) is 0. The highest BCUT2D eigenvalue weighted by Gasteiger charge is 2.19. The van der Waals surface area contributed by atoms with Crippen LogP contribution in [0.25, 0.3) is 0 Å². The molecule has 0 aromatic carbocycles. The predicted molar refractivity (Wildman–Crippen MR) is 283 cm³/mol. The molecule has 66 heavy (non-hydrogen) atoms. The molecule has 0 amide bonds. The zero-order valence-corrected chi connectivity index (χ0v) is 42.1. The Kier molecular flexibility index (Phi) is 49.6. The lowest BCUT2D eigenvalue weighted by atomic mass is 10.1. The number of hydrogen-bond donors (Lipinski definition) is 0. The molecule has 0 spiro atoms. The molecule has 0 saturated heterocycles. The first kappa shape index (κ1) is 61.5. The van der Waals surface area contributed by atoms with E-state index in [9.17, 15) is 14.4 Å². The van der Waals surface area contributed by atoms with Crippen LogP contribution in [0.4, 0.5) is 0 Å². The van der Waals surface area contributed by atoms with Crippen molar-refractivity contribution in [2.45, 2.75) is 213 Å². The Morgan fingerprint density at radius 3 is 1.00 bits per heavy atom. The van der Waals surface area contributed by atoms with Crippen LogP contribution in [0.2, 0.25) is 0 Å². The van der Waals surface area contributed by atoms with E-state index in [0.29, 0.717) is 19.3 Å². The molecule has 0 aliphatic rings. The summed E-state index contributed by atoms with van der Waals surface area (Å²) in [6.07, 6.45) is 74.4. The number of ether oxygens (including phenoxy) is 3. The number of carbonyl (C=O) groups is 3. The third kappa shape index (κ3) is 50.5. The minimum atomic E-state index is -0.838. The lowest BCUT2D eigenvalue weighted by molar-refractivity contribution is -0.167. The second-order valence-corrected chi connectivity index (χ2v) is 16.7. The van der Waals surface area contributed by atoms with Gasteiger partial charge in [0.15, 0.2) is 6.10 Å². The van der Waals surface area contributed by atoms with Crippen molar-refractivity contribution in [1.82, 2.24) is 0 Å². The van der Waals surface area contributed by atoms with Gasteiger partial charge in [-0.2, -0.15) is 0 Å². The molecule has 6 nitrogen and oxygen atoms in total. The van der Waals surface area contributed by atoms with Crippen LogP contribution in [-0.4, -0.2) is 37.2 Å². The van der Waals surface area contributed by atoms with Crippen LogP contribution in [-0.2, 0) is 28.6 Å². The third-order valence-corrected chi connectivity index (χ3v) is 10.4. The van der Waals surface area contributed by atoms with Gasteiger partial charge in [0.05, 0.1) is 0 Å². The summed E-state index contributed by atoms with van der Waals surface area (Å²) in [5, 5.41) is 0. The first-order valence-electron chi connectivity index (χ1n) is 26.2. The molecule has 1 atom stereocenters. The quantitative estimate of drug-likeness (QED) is 0.0262. The van der Waals surface area contributed by atoms with E-state index in [0.717, 1.165) is 109 Å². The molecule has 0 fully saturated rings. The van der Waals surface area contributed by atoms with Gasteiger partial charge in [0.1, 0.15) is 13.2 Å². The lowest BCUT2D eigenvalue weighted by Crippen LogP contribution is -2.30. The minimum Gasteiger partial charge on any atom is -0.462 e. The molecule has 0 heterocycles. The van der Waals surface area contributed by atoms with E-state index in [-0.39, 0.29) is 44.0 Å². The first-order valence-corrected chi connectivity index (χ1v) is 26.2. The van der Waals surface area contributed by atoms with Gasteiger partial charge in [-0.1, -0.05) is 199 Å². The third-order valence-electron chi connectivity index (χ3n) is 10.4. The molecule has 370 valence electrons. The summed E-state index contributed by atoms with van der Waals surface area (Å²) in [6.45, 7) is 6.27. The Bertz CT molecular complexity index is 1460. The number of carbonyl (C=O) groups excluding carboxylic acids is 3. The van der Waals surface area contributed by atoms with Crippen LogP contribution >= 0.6 is 0 Å². The largest absolute Gasteiger partial charge is 0.462 e. The second kappa shape index (κ2) is 53.2. The number of allylic oxidation sites excluding steroid dienone is 22. The molecule has 0 N–H and O–H groups in total. The molecule has 0 aliphatic carbocycles. The van der Waals surface area contributed by atoms with Crippen molar-refractivity contribution in [3.63, 3.8) is 0 Å². The Morgan fingerprint density at radius 2 is 0.606 bits per heavy atom. The summed E-state index contributed by atoms with van der Waals surface area (Å²) in [5.74, 6) is -1.06. The molecular formula is C60H94O6. The van der Waals surface area contributed by atoms with Gasteiger partial charge in [-0.25, -0.2) is 0 Å². The van der Waals surface area contributed by atoms with E-state index in [4.69, 9.17) is 14.2 Å². The Hall–Kier alpha value is -4.45. The topological polar surface area (TPSA) is 78.9 Å². The van der Waals surface area contributed by atoms with Gasteiger partial charge in [0.2, 0.25) is 0 Å². The molecule has 0 rings (SSSR count). The van der Waals surface area contributed by atoms with E-state index in [1.165, 1.54) is 44.9 Å². The van der Waals surface area contributed by atoms with Crippen molar-refractivity contribution in [2.75, 3.05) is 13.2 Å². The van der Waals surface area contributed by atoms with Gasteiger partial charge < -0.3 is 14.2 Å². The van der Waals surface area contributed by atoms with E-state index in [2.05, 4.69) is 154 Å². The van der Waals surface area contributed by atoms with Crippen LogP contribution in [0.3, 0.4) is 0 Å². The highest BCUT2D eigenvalue weighted by atomic mass is 16.6. The van der Waals surface area contributed by atoms with Crippen LogP contribution < -0.4 is 0 Å². The fourth-order valence-electron chi connectivity index (χ4n) is 6.51. The van der Waals surface area contributed by atoms with Gasteiger partial charge in [-0.05, 0) is 122 Å². The van der Waals surface area contributed by atoms with E-state index < -0.39 is 6.10 Å². The monoisotopic (exact) mass is 911 g/mol. The second-order valence-electron chi connectivity index (χ2n) is 16.7. The lowest BCUT2D eigenvalue weighted by Gasteiger charge is -2.18. The summed E-state index contributed by atoms with van der Waals surface area (Å²) >= 11 is 0. The molecule has 0 aromatic rings. The maximum atomic E-state index is 12.8. The van der Waals surface area contributed by atoms with Gasteiger partial charge in [0, 0.05) is 19.3 Å². The first-order chi connectivity index (χ1) is 32.5. The molecule has 0 aromatic heterocycles. The van der Waals surface area contributed by atoms with Gasteiger partial charge >= 0.3 is 17.9 Å². The van der Waals surface area contributed by atoms with Crippen LogP contribution in [0.5, 0.6) is 0 Å². The van der Waals surface area contributed by atoms with Gasteiger partial charge in [0.25, 0.3) is 0 Å². The normalized spacial score (nSPS) is 13.2. The average molecular weight is 911 g/mol. The molecule has 1 unspecified atom stereocenters. The SMILES string of the molecule is CC/C=C\C/C=C\C/C=C\C/C=C\C/C=C\CCCC(=O)OCC(COC(=O)CCCCCCC/C=C\CCCCCCC)OC(=O)CCC/C=C\C/C=C\C/C=C\C/C=C\C/C=C\CC. The number of hydrogen-bond acceptors (Lipinski definition) is 6. The summed E-state index contributed by atoms with van der Waals surface area (Å²) in [7, 11) is 0. The number of esters is 3. The molecular weight excluding hydrogens is 817 g/mol. The maximum absolute atomic E-state index is 12.8. The van der Waals surface area contributed by atoms with Gasteiger partial charge in [-0.3, -0.25) is 14.4 Å². The zero-order chi connectivity index (χ0) is 47.9. The van der Waals surface area contributed by atoms with Crippen molar-refractivity contribution in [2.24, 2.45) is 0 Å².